The van der Waals surface area contributed by atoms with E-state index in [9.17, 15) is 13.2 Å². The Morgan fingerprint density at radius 3 is 2.44 bits per heavy atom. The van der Waals surface area contributed by atoms with E-state index in [1.54, 1.807) is 0 Å². The number of hydrogen-bond donors (Lipinski definition) is 1. The molecule has 0 saturated carbocycles. The van der Waals surface area contributed by atoms with Crippen molar-refractivity contribution in [3.63, 3.8) is 0 Å². The van der Waals surface area contributed by atoms with Gasteiger partial charge in [0, 0.05) is 18.0 Å². The zero-order valence-electron chi connectivity index (χ0n) is 9.50. The summed E-state index contributed by atoms with van der Waals surface area (Å²) in [5.74, 6) is 0.0102. The van der Waals surface area contributed by atoms with Crippen LogP contribution >= 0.6 is 11.8 Å². The minimum Gasteiger partial charge on any atom is -0.384 e. The Bertz CT molecular complexity index is 525. The maximum Gasteiger partial charge on any atom is 0.441 e. The van der Waals surface area contributed by atoms with E-state index in [2.05, 4.69) is 5.32 Å². The Balaban J connectivity index is 1.92. The zero-order chi connectivity index (χ0) is 13.0. The first-order chi connectivity index (χ1) is 8.54. The van der Waals surface area contributed by atoms with Gasteiger partial charge in [0.1, 0.15) is 0 Å². The van der Waals surface area contributed by atoms with Gasteiger partial charge in [-0.05, 0) is 34.7 Å². The first-order valence-corrected chi connectivity index (χ1v) is 6.46. The second-order valence-corrected chi connectivity index (χ2v) is 4.94. The van der Waals surface area contributed by atoms with Crippen LogP contribution in [-0.4, -0.2) is 17.8 Å². The second kappa shape index (κ2) is 5.52. The second-order valence-electron chi connectivity index (χ2n) is 3.78. The summed E-state index contributed by atoms with van der Waals surface area (Å²) in [6.45, 7) is 0.294. The highest BCUT2D eigenvalue weighted by atomic mass is 32.2. The van der Waals surface area contributed by atoms with E-state index in [4.69, 9.17) is 0 Å². The van der Waals surface area contributed by atoms with Crippen molar-refractivity contribution in [2.75, 3.05) is 17.6 Å². The summed E-state index contributed by atoms with van der Waals surface area (Å²) >= 11 is -0.00606. The fourth-order valence-corrected chi connectivity index (χ4v) is 2.10. The normalized spacial score (nSPS) is 11.7. The van der Waals surface area contributed by atoms with Gasteiger partial charge in [-0.15, -0.1) is 0 Å². The molecule has 0 spiro atoms. The summed E-state index contributed by atoms with van der Waals surface area (Å²) in [7, 11) is 0. The molecule has 0 unspecified atom stereocenters. The monoisotopic (exact) mass is 271 g/mol. The fraction of sp³-hybridized carbons (Fsp3) is 0.231. The van der Waals surface area contributed by atoms with Crippen molar-refractivity contribution >= 4 is 28.2 Å². The number of anilines is 1. The van der Waals surface area contributed by atoms with Gasteiger partial charge in [-0.25, -0.2) is 0 Å². The van der Waals surface area contributed by atoms with Crippen LogP contribution in [0.5, 0.6) is 0 Å². The highest BCUT2D eigenvalue weighted by molar-refractivity contribution is 8.00. The first-order valence-electron chi connectivity index (χ1n) is 5.48. The third-order valence-corrected chi connectivity index (χ3v) is 3.18. The van der Waals surface area contributed by atoms with Crippen LogP contribution in [0.4, 0.5) is 18.9 Å². The number of alkyl halides is 3. The van der Waals surface area contributed by atoms with Crippen molar-refractivity contribution in [3.05, 3.63) is 42.5 Å². The summed E-state index contributed by atoms with van der Waals surface area (Å²) < 4.78 is 35.8. The first kappa shape index (κ1) is 13.1. The third-order valence-electron chi connectivity index (χ3n) is 2.45. The number of fused-ring (bicyclic) bond motifs is 1. The Morgan fingerprint density at radius 2 is 1.72 bits per heavy atom. The summed E-state index contributed by atoms with van der Waals surface area (Å²) in [6, 6.07) is 13.6. The molecule has 0 aliphatic rings. The average Bonchev–Trinajstić information content (AvgIpc) is 2.33. The van der Waals surface area contributed by atoms with Crippen LogP contribution in [0, 0.1) is 0 Å². The van der Waals surface area contributed by atoms with Gasteiger partial charge < -0.3 is 5.32 Å². The summed E-state index contributed by atoms with van der Waals surface area (Å²) in [5.41, 5.74) is -3.30. The third kappa shape index (κ3) is 3.84. The molecule has 0 bridgehead atoms. The van der Waals surface area contributed by atoms with Crippen molar-refractivity contribution in [2.45, 2.75) is 5.51 Å². The highest BCUT2D eigenvalue weighted by Gasteiger charge is 2.27. The molecule has 18 heavy (non-hydrogen) atoms. The summed E-state index contributed by atoms with van der Waals surface area (Å²) in [5, 5.41) is 5.18. The van der Waals surface area contributed by atoms with Gasteiger partial charge in [0.25, 0.3) is 0 Å². The predicted octanol–water partition coefficient (Wildman–Crippen LogP) is 4.50. The van der Waals surface area contributed by atoms with Gasteiger partial charge in [0.2, 0.25) is 0 Å². The topological polar surface area (TPSA) is 12.0 Å². The molecule has 0 aromatic heterocycles. The van der Waals surface area contributed by atoms with Crippen LogP contribution in [0.3, 0.4) is 0 Å². The molecule has 0 aliphatic heterocycles. The maximum atomic E-state index is 11.9. The standard InChI is InChI=1S/C13H12F3NS/c14-13(15,16)18-8-7-17-12-6-5-10-3-1-2-4-11(10)9-12/h1-6,9,17H,7-8H2. The largest absolute Gasteiger partial charge is 0.441 e. The number of halogens is 3. The molecule has 1 nitrogen and oxygen atoms in total. The van der Waals surface area contributed by atoms with Crippen molar-refractivity contribution in [2.24, 2.45) is 0 Å². The quantitative estimate of drug-likeness (QED) is 0.821. The Hall–Kier alpha value is -1.36. The predicted molar refractivity (Wildman–Crippen MR) is 71.0 cm³/mol. The van der Waals surface area contributed by atoms with E-state index < -0.39 is 5.51 Å². The van der Waals surface area contributed by atoms with Crippen LogP contribution in [0.2, 0.25) is 0 Å². The Kier molecular flexibility index (Phi) is 4.01. The molecule has 0 aliphatic carbocycles. The number of hydrogen-bond acceptors (Lipinski definition) is 2. The van der Waals surface area contributed by atoms with Crippen molar-refractivity contribution in [3.8, 4) is 0 Å². The highest BCUT2D eigenvalue weighted by Crippen LogP contribution is 2.29. The molecule has 0 atom stereocenters. The molecule has 1 N–H and O–H groups in total. The fourth-order valence-electron chi connectivity index (χ4n) is 1.66. The van der Waals surface area contributed by atoms with Crippen LogP contribution in [-0.2, 0) is 0 Å². The van der Waals surface area contributed by atoms with Gasteiger partial charge in [-0.3, -0.25) is 0 Å². The molecule has 5 heteroatoms. The number of nitrogens with one attached hydrogen (secondary N) is 1. The van der Waals surface area contributed by atoms with Crippen LogP contribution in [0.15, 0.2) is 42.5 Å². The van der Waals surface area contributed by atoms with E-state index in [0.29, 0.717) is 6.54 Å². The maximum absolute atomic E-state index is 11.9. The van der Waals surface area contributed by atoms with E-state index in [0.717, 1.165) is 16.5 Å². The Morgan fingerprint density at radius 1 is 1.00 bits per heavy atom. The average molecular weight is 271 g/mol. The van der Waals surface area contributed by atoms with E-state index in [1.807, 2.05) is 42.5 Å². The lowest BCUT2D eigenvalue weighted by molar-refractivity contribution is -0.0327. The van der Waals surface area contributed by atoms with Crippen molar-refractivity contribution in [1.82, 2.24) is 0 Å². The molecule has 0 radical (unpaired) electrons. The number of thioether (sulfide) groups is 1. The Labute approximate surface area is 107 Å². The van der Waals surface area contributed by atoms with Crippen LogP contribution < -0.4 is 5.32 Å². The smallest absolute Gasteiger partial charge is 0.384 e. The molecule has 0 saturated heterocycles. The summed E-state index contributed by atoms with van der Waals surface area (Å²) in [6.07, 6.45) is 0. The SMILES string of the molecule is FC(F)(F)SCCNc1ccc2ccccc2c1. The van der Waals surface area contributed by atoms with Gasteiger partial charge >= 0.3 is 5.51 Å². The summed E-state index contributed by atoms with van der Waals surface area (Å²) in [4.78, 5) is 0. The zero-order valence-corrected chi connectivity index (χ0v) is 10.3. The molecule has 0 amide bonds. The molecule has 2 rings (SSSR count). The van der Waals surface area contributed by atoms with Crippen LogP contribution in [0.25, 0.3) is 10.8 Å². The number of rotatable bonds is 4. The number of benzene rings is 2. The van der Waals surface area contributed by atoms with E-state index in [-0.39, 0.29) is 17.5 Å². The molecule has 96 valence electrons. The van der Waals surface area contributed by atoms with Gasteiger partial charge in [-0.1, -0.05) is 30.3 Å². The van der Waals surface area contributed by atoms with E-state index in [1.165, 1.54) is 0 Å². The molecular weight excluding hydrogens is 259 g/mol. The molecular formula is C13H12F3NS. The lowest BCUT2D eigenvalue weighted by atomic mass is 10.1. The van der Waals surface area contributed by atoms with Gasteiger partial charge in [-0.2, -0.15) is 13.2 Å². The lowest BCUT2D eigenvalue weighted by Crippen LogP contribution is -2.09. The van der Waals surface area contributed by atoms with Gasteiger partial charge in [0.05, 0.1) is 0 Å². The van der Waals surface area contributed by atoms with Crippen molar-refractivity contribution < 1.29 is 13.2 Å². The minimum absolute atomic E-state index is 0.00606. The molecule has 0 heterocycles. The molecule has 2 aromatic rings. The van der Waals surface area contributed by atoms with Crippen LogP contribution in [0.1, 0.15) is 0 Å². The molecule has 2 aromatic carbocycles. The molecule has 0 fully saturated rings. The lowest BCUT2D eigenvalue weighted by Gasteiger charge is -2.08. The van der Waals surface area contributed by atoms with Gasteiger partial charge in [0.15, 0.2) is 0 Å². The minimum atomic E-state index is -4.15. The van der Waals surface area contributed by atoms with Crippen molar-refractivity contribution in [1.29, 1.82) is 0 Å². The van der Waals surface area contributed by atoms with E-state index >= 15 is 0 Å².